The second kappa shape index (κ2) is 8.73. The molecule has 1 aliphatic rings. The molecule has 142 valence electrons. The molecule has 1 amide bonds. The fourth-order valence-corrected chi connectivity index (χ4v) is 4.45. The number of anilines is 1. The fourth-order valence-electron chi connectivity index (χ4n) is 2.94. The molecule has 2 aromatic rings. The van der Waals surface area contributed by atoms with Gasteiger partial charge in [-0.2, -0.15) is 5.26 Å². The van der Waals surface area contributed by atoms with E-state index in [0.717, 1.165) is 31.2 Å². The molecule has 0 saturated heterocycles. The van der Waals surface area contributed by atoms with E-state index < -0.39 is 10.8 Å². The molecule has 7 nitrogen and oxygen atoms in total. The maximum Gasteiger partial charge on any atom is 0.269 e. The summed E-state index contributed by atoms with van der Waals surface area (Å²) in [6, 6.07) is 8.07. The molecule has 28 heavy (non-hydrogen) atoms. The SMILES string of the molecule is N#Cc1c(NC(=S)NC(=O)/C=C/c2ccc([N+](=O)[O-])cc2)sc2c1CCCC2. The van der Waals surface area contributed by atoms with Gasteiger partial charge in [0.2, 0.25) is 5.91 Å². The Morgan fingerprint density at radius 2 is 2.00 bits per heavy atom. The van der Waals surface area contributed by atoms with E-state index in [1.165, 1.54) is 40.5 Å². The van der Waals surface area contributed by atoms with Gasteiger partial charge in [-0.25, -0.2) is 0 Å². The van der Waals surface area contributed by atoms with E-state index in [0.29, 0.717) is 16.1 Å². The third kappa shape index (κ3) is 4.60. The summed E-state index contributed by atoms with van der Waals surface area (Å²) in [6.45, 7) is 0. The number of rotatable bonds is 4. The largest absolute Gasteiger partial charge is 0.323 e. The normalized spacial score (nSPS) is 12.8. The van der Waals surface area contributed by atoms with Gasteiger partial charge in [-0.15, -0.1) is 11.3 Å². The molecule has 0 unspecified atom stereocenters. The first kappa shape index (κ1) is 19.7. The van der Waals surface area contributed by atoms with Crippen molar-refractivity contribution in [2.75, 3.05) is 5.32 Å². The van der Waals surface area contributed by atoms with Crippen molar-refractivity contribution in [1.29, 1.82) is 5.26 Å². The van der Waals surface area contributed by atoms with Crippen LogP contribution in [0, 0.1) is 21.4 Å². The number of aryl methyl sites for hydroxylation is 1. The van der Waals surface area contributed by atoms with Crippen LogP contribution in [0.15, 0.2) is 30.3 Å². The summed E-state index contributed by atoms with van der Waals surface area (Å²) < 4.78 is 0. The van der Waals surface area contributed by atoms with Gasteiger partial charge in [0.25, 0.3) is 5.69 Å². The van der Waals surface area contributed by atoms with E-state index in [4.69, 9.17) is 12.2 Å². The molecule has 9 heteroatoms. The van der Waals surface area contributed by atoms with Crippen molar-refractivity contribution in [3.63, 3.8) is 0 Å². The summed E-state index contributed by atoms with van der Waals surface area (Å²) in [5.41, 5.74) is 2.34. The minimum atomic E-state index is -0.484. The van der Waals surface area contributed by atoms with Crippen LogP contribution in [0.5, 0.6) is 0 Å². The Bertz CT molecular complexity index is 1000. The Kier molecular flexibility index (Phi) is 6.13. The van der Waals surface area contributed by atoms with Gasteiger partial charge in [-0.3, -0.25) is 20.2 Å². The predicted molar refractivity (Wildman–Crippen MR) is 112 cm³/mol. The summed E-state index contributed by atoms with van der Waals surface area (Å²) in [4.78, 5) is 23.4. The summed E-state index contributed by atoms with van der Waals surface area (Å²) in [6.07, 6.45) is 6.88. The molecule has 0 atom stereocenters. The molecule has 3 rings (SSSR count). The van der Waals surface area contributed by atoms with Crippen molar-refractivity contribution in [2.24, 2.45) is 0 Å². The van der Waals surface area contributed by atoms with Crippen molar-refractivity contribution in [3.05, 3.63) is 62.0 Å². The number of hydrogen-bond donors (Lipinski definition) is 2. The number of thiophene rings is 1. The lowest BCUT2D eigenvalue weighted by molar-refractivity contribution is -0.384. The van der Waals surface area contributed by atoms with Gasteiger partial charge in [0.15, 0.2) is 5.11 Å². The highest BCUT2D eigenvalue weighted by Crippen LogP contribution is 2.37. The van der Waals surface area contributed by atoms with Crippen LogP contribution in [0.4, 0.5) is 10.7 Å². The van der Waals surface area contributed by atoms with Crippen LogP contribution >= 0.6 is 23.6 Å². The number of nitro benzene ring substituents is 1. The Morgan fingerprint density at radius 3 is 2.68 bits per heavy atom. The first-order valence-corrected chi connectivity index (χ1v) is 9.79. The number of nitro groups is 1. The van der Waals surface area contributed by atoms with Crippen LogP contribution in [-0.4, -0.2) is 15.9 Å². The van der Waals surface area contributed by atoms with E-state index in [1.807, 2.05) is 0 Å². The fraction of sp³-hybridized carbons (Fsp3) is 0.211. The van der Waals surface area contributed by atoms with Gasteiger partial charge >= 0.3 is 0 Å². The zero-order valence-corrected chi connectivity index (χ0v) is 16.4. The minimum Gasteiger partial charge on any atom is -0.323 e. The monoisotopic (exact) mass is 412 g/mol. The number of non-ortho nitro benzene ring substituents is 1. The number of carbonyl (C=O) groups excluding carboxylic acids is 1. The first-order valence-electron chi connectivity index (χ1n) is 8.57. The molecule has 0 radical (unpaired) electrons. The van der Waals surface area contributed by atoms with Crippen molar-refractivity contribution in [2.45, 2.75) is 25.7 Å². The second-order valence-electron chi connectivity index (χ2n) is 6.15. The molecule has 1 aromatic heterocycles. The Labute approximate surface area is 170 Å². The molecule has 0 fully saturated rings. The molecule has 1 aliphatic carbocycles. The zero-order chi connectivity index (χ0) is 20.1. The Balaban J connectivity index is 1.60. The smallest absolute Gasteiger partial charge is 0.269 e. The molecule has 1 heterocycles. The van der Waals surface area contributed by atoms with Crippen LogP contribution in [0.1, 0.15) is 34.4 Å². The van der Waals surface area contributed by atoms with Gasteiger partial charge in [0.1, 0.15) is 11.1 Å². The van der Waals surface area contributed by atoms with Gasteiger partial charge < -0.3 is 5.32 Å². The summed E-state index contributed by atoms with van der Waals surface area (Å²) >= 11 is 6.69. The van der Waals surface area contributed by atoms with E-state index in [2.05, 4.69) is 16.7 Å². The number of amides is 1. The van der Waals surface area contributed by atoms with Crippen molar-refractivity contribution >= 4 is 51.3 Å². The average molecular weight is 412 g/mol. The Hall–Kier alpha value is -3.09. The lowest BCUT2D eigenvalue weighted by atomic mass is 9.96. The molecule has 2 N–H and O–H groups in total. The lowest BCUT2D eigenvalue weighted by Gasteiger charge is -2.09. The number of thiocarbonyl (C=S) groups is 1. The maximum absolute atomic E-state index is 12.0. The van der Waals surface area contributed by atoms with E-state index in [9.17, 15) is 20.2 Å². The number of carbonyl (C=O) groups is 1. The second-order valence-corrected chi connectivity index (χ2v) is 7.67. The standard InChI is InChI=1S/C19H16N4O3S2/c20-11-15-14-3-1-2-4-16(14)28-18(15)22-19(27)21-17(24)10-7-12-5-8-13(9-6-12)23(25)26/h5-10H,1-4H2,(H2,21,22,24,27)/b10-7+. The highest BCUT2D eigenvalue weighted by molar-refractivity contribution is 7.80. The molecule has 0 spiro atoms. The number of nitriles is 1. The van der Waals surface area contributed by atoms with Crippen LogP contribution < -0.4 is 10.6 Å². The quantitative estimate of drug-likeness (QED) is 0.341. The molecule has 0 aliphatic heterocycles. The maximum atomic E-state index is 12.0. The van der Waals surface area contributed by atoms with Crippen LogP contribution in [0.3, 0.4) is 0 Å². The number of hydrogen-bond acceptors (Lipinski definition) is 6. The molecule has 1 aromatic carbocycles. The molecule has 0 saturated carbocycles. The number of fused-ring (bicyclic) bond motifs is 1. The molecular weight excluding hydrogens is 396 g/mol. The summed E-state index contributed by atoms with van der Waals surface area (Å²) in [7, 11) is 0. The van der Waals surface area contributed by atoms with Gasteiger partial charge in [0.05, 0.1) is 10.5 Å². The summed E-state index contributed by atoms with van der Waals surface area (Å²) in [5, 5.41) is 26.4. The molecular formula is C19H16N4O3S2. The lowest BCUT2D eigenvalue weighted by Crippen LogP contribution is -2.32. The van der Waals surface area contributed by atoms with E-state index in [-0.39, 0.29) is 10.8 Å². The topological polar surface area (TPSA) is 108 Å². The highest BCUT2D eigenvalue weighted by atomic mass is 32.1. The van der Waals surface area contributed by atoms with Crippen molar-refractivity contribution in [3.8, 4) is 6.07 Å². The van der Waals surface area contributed by atoms with Gasteiger partial charge in [0, 0.05) is 23.1 Å². The summed E-state index contributed by atoms with van der Waals surface area (Å²) in [5.74, 6) is -0.435. The average Bonchev–Trinajstić information content (AvgIpc) is 3.03. The highest BCUT2D eigenvalue weighted by Gasteiger charge is 2.21. The van der Waals surface area contributed by atoms with Gasteiger partial charge in [-0.1, -0.05) is 0 Å². The van der Waals surface area contributed by atoms with E-state index >= 15 is 0 Å². The first-order chi connectivity index (χ1) is 13.5. The van der Waals surface area contributed by atoms with Gasteiger partial charge in [-0.05, 0) is 67.2 Å². The predicted octanol–water partition coefficient (Wildman–Crippen LogP) is 3.93. The number of nitrogens with zero attached hydrogens (tertiary/aromatic N) is 2. The third-order valence-electron chi connectivity index (χ3n) is 4.28. The number of benzene rings is 1. The van der Waals surface area contributed by atoms with E-state index in [1.54, 1.807) is 12.1 Å². The third-order valence-corrected chi connectivity index (χ3v) is 5.69. The molecule has 0 bridgehead atoms. The van der Waals surface area contributed by atoms with Crippen molar-refractivity contribution in [1.82, 2.24) is 5.32 Å². The van der Waals surface area contributed by atoms with Crippen LogP contribution in [0.2, 0.25) is 0 Å². The van der Waals surface area contributed by atoms with Crippen LogP contribution in [-0.2, 0) is 17.6 Å². The minimum absolute atomic E-state index is 0.0149. The van der Waals surface area contributed by atoms with Crippen LogP contribution in [0.25, 0.3) is 6.08 Å². The number of nitrogens with one attached hydrogen (secondary N) is 2. The van der Waals surface area contributed by atoms with Crippen molar-refractivity contribution < 1.29 is 9.72 Å². The zero-order valence-electron chi connectivity index (χ0n) is 14.7. The Morgan fingerprint density at radius 1 is 1.29 bits per heavy atom.